The predicted molar refractivity (Wildman–Crippen MR) is 81.5 cm³/mol. The van der Waals surface area contributed by atoms with Crippen LogP contribution >= 0.6 is 11.3 Å². The van der Waals surface area contributed by atoms with Crippen molar-refractivity contribution >= 4 is 17.2 Å². The first kappa shape index (κ1) is 14.2. The Balaban J connectivity index is 1.51. The molecule has 7 heteroatoms. The zero-order valence-electron chi connectivity index (χ0n) is 11.8. The Hall–Kier alpha value is -1.73. The molecule has 0 radical (unpaired) electrons. The van der Waals surface area contributed by atoms with E-state index in [2.05, 4.69) is 32.4 Å². The number of carbonyl (C=O) groups excluding carboxylic acids is 1. The fourth-order valence-electron chi connectivity index (χ4n) is 2.48. The molecule has 21 heavy (non-hydrogen) atoms. The SMILES string of the molecule is O=C(NCCc1ccsc1)c1cn(C2CCNCC2)nn1. The van der Waals surface area contributed by atoms with Crippen LogP contribution in [0.3, 0.4) is 0 Å². The van der Waals surface area contributed by atoms with Crippen LogP contribution in [0.5, 0.6) is 0 Å². The van der Waals surface area contributed by atoms with Crippen LogP contribution < -0.4 is 10.6 Å². The summed E-state index contributed by atoms with van der Waals surface area (Å²) in [4.78, 5) is 12.0. The Morgan fingerprint density at radius 3 is 3.10 bits per heavy atom. The average molecular weight is 305 g/mol. The Morgan fingerprint density at radius 2 is 2.33 bits per heavy atom. The minimum absolute atomic E-state index is 0.148. The monoisotopic (exact) mass is 305 g/mol. The molecule has 2 aromatic heterocycles. The second kappa shape index (κ2) is 6.82. The quantitative estimate of drug-likeness (QED) is 0.872. The van der Waals surface area contributed by atoms with E-state index in [0.717, 1.165) is 32.4 Å². The second-order valence-corrected chi connectivity index (χ2v) is 5.98. The van der Waals surface area contributed by atoms with Gasteiger partial charge in [0, 0.05) is 6.54 Å². The van der Waals surface area contributed by atoms with Crippen LogP contribution in [0.15, 0.2) is 23.0 Å². The molecule has 0 bridgehead atoms. The molecular weight excluding hydrogens is 286 g/mol. The summed E-state index contributed by atoms with van der Waals surface area (Å²) in [5, 5.41) is 18.4. The van der Waals surface area contributed by atoms with Crippen molar-refractivity contribution in [3.05, 3.63) is 34.3 Å². The van der Waals surface area contributed by atoms with E-state index in [1.54, 1.807) is 17.5 Å². The van der Waals surface area contributed by atoms with Gasteiger partial charge in [0.1, 0.15) is 0 Å². The fourth-order valence-corrected chi connectivity index (χ4v) is 3.18. The van der Waals surface area contributed by atoms with Gasteiger partial charge in [0.2, 0.25) is 0 Å². The summed E-state index contributed by atoms with van der Waals surface area (Å²) < 4.78 is 1.83. The maximum atomic E-state index is 12.0. The van der Waals surface area contributed by atoms with Crippen LogP contribution in [0.25, 0.3) is 0 Å². The maximum Gasteiger partial charge on any atom is 0.273 e. The maximum absolute atomic E-state index is 12.0. The van der Waals surface area contributed by atoms with Crippen LogP contribution in [0.2, 0.25) is 0 Å². The predicted octanol–water partition coefficient (Wildman–Crippen LogP) is 1.24. The Labute approximate surface area is 127 Å². The second-order valence-electron chi connectivity index (χ2n) is 5.20. The molecule has 2 aromatic rings. The Bertz CT molecular complexity index is 574. The Kier molecular flexibility index (Phi) is 4.62. The summed E-state index contributed by atoms with van der Waals surface area (Å²) in [6, 6.07) is 2.43. The van der Waals surface area contributed by atoms with E-state index in [-0.39, 0.29) is 5.91 Å². The lowest BCUT2D eigenvalue weighted by molar-refractivity contribution is 0.0949. The largest absolute Gasteiger partial charge is 0.350 e. The topological polar surface area (TPSA) is 71.8 Å². The highest BCUT2D eigenvalue weighted by Gasteiger charge is 2.18. The standard InChI is InChI=1S/C14H19N5OS/c20-14(16-7-1-11-4-8-21-10-11)13-9-19(18-17-13)12-2-5-15-6-3-12/h4,8-10,12,15H,1-3,5-7H2,(H,16,20). The molecule has 0 aliphatic carbocycles. The third-order valence-electron chi connectivity index (χ3n) is 3.71. The number of nitrogens with zero attached hydrogens (tertiary/aromatic N) is 3. The third-order valence-corrected chi connectivity index (χ3v) is 4.44. The summed E-state index contributed by atoms with van der Waals surface area (Å²) >= 11 is 1.67. The van der Waals surface area contributed by atoms with Crippen molar-refractivity contribution in [3.8, 4) is 0 Å². The number of piperidine rings is 1. The van der Waals surface area contributed by atoms with E-state index < -0.39 is 0 Å². The molecule has 0 unspecified atom stereocenters. The third kappa shape index (κ3) is 3.68. The van der Waals surface area contributed by atoms with Crippen molar-refractivity contribution in [3.63, 3.8) is 0 Å². The van der Waals surface area contributed by atoms with Crippen molar-refractivity contribution in [2.75, 3.05) is 19.6 Å². The minimum Gasteiger partial charge on any atom is -0.350 e. The summed E-state index contributed by atoms with van der Waals surface area (Å²) in [5.74, 6) is -0.148. The van der Waals surface area contributed by atoms with Crippen LogP contribution in [0.1, 0.15) is 34.9 Å². The van der Waals surface area contributed by atoms with Gasteiger partial charge in [-0.1, -0.05) is 5.21 Å². The van der Waals surface area contributed by atoms with E-state index in [1.807, 2.05) is 10.1 Å². The highest BCUT2D eigenvalue weighted by atomic mass is 32.1. The molecule has 1 fully saturated rings. The molecule has 6 nitrogen and oxygen atoms in total. The molecular formula is C14H19N5OS. The van der Waals surface area contributed by atoms with Gasteiger partial charge >= 0.3 is 0 Å². The molecule has 1 aliphatic heterocycles. The van der Waals surface area contributed by atoms with E-state index >= 15 is 0 Å². The molecule has 1 aliphatic rings. The molecule has 0 saturated carbocycles. The lowest BCUT2D eigenvalue weighted by Crippen LogP contribution is -2.29. The zero-order valence-corrected chi connectivity index (χ0v) is 12.6. The van der Waals surface area contributed by atoms with Gasteiger partial charge in [-0.05, 0) is 54.7 Å². The number of nitrogens with one attached hydrogen (secondary N) is 2. The fraction of sp³-hybridized carbons (Fsp3) is 0.500. The number of carbonyl (C=O) groups is 1. The lowest BCUT2D eigenvalue weighted by atomic mass is 10.1. The highest BCUT2D eigenvalue weighted by Crippen LogP contribution is 2.16. The number of rotatable bonds is 5. The van der Waals surface area contributed by atoms with Crippen molar-refractivity contribution in [2.24, 2.45) is 0 Å². The number of amides is 1. The van der Waals surface area contributed by atoms with Gasteiger partial charge in [-0.25, -0.2) is 4.68 Å². The van der Waals surface area contributed by atoms with Gasteiger partial charge in [0.05, 0.1) is 12.2 Å². The molecule has 112 valence electrons. The van der Waals surface area contributed by atoms with E-state index in [0.29, 0.717) is 18.3 Å². The number of aromatic nitrogens is 3. The van der Waals surface area contributed by atoms with Crippen LogP contribution in [0, 0.1) is 0 Å². The van der Waals surface area contributed by atoms with Gasteiger partial charge < -0.3 is 10.6 Å². The minimum atomic E-state index is -0.148. The summed E-state index contributed by atoms with van der Waals surface area (Å²) in [6.07, 6.45) is 4.67. The first-order valence-electron chi connectivity index (χ1n) is 7.25. The van der Waals surface area contributed by atoms with Gasteiger partial charge in [0.15, 0.2) is 5.69 Å². The van der Waals surface area contributed by atoms with E-state index in [9.17, 15) is 4.79 Å². The van der Waals surface area contributed by atoms with Crippen molar-refractivity contribution in [1.82, 2.24) is 25.6 Å². The molecule has 0 aromatic carbocycles. The first-order valence-corrected chi connectivity index (χ1v) is 8.19. The van der Waals surface area contributed by atoms with Crippen LogP contribution in [0.4, 0.5) is 0 Å². The zero-order chi connectivity index (χ0) is 14.5. The highest BCUT2D eigenvalue weighted by molar-refractivity contribution is 7.07. The molecule has 3 heterocycles. The summed E-state index contributed by atoms with van der Waals surface area (Å²) in [6.45, 7) is 2.61. The van der Waals surface area contributed by atoms with Gasteiger partial charge in [-0.2, -0.15) is 11.3 Å². The summed E-state index contributed by atoms with van der Waals surface area (Å²) in [5.41, 5.74) is 1.65. The van der Waals surface area contributed by atoms with Crippen LogP contribution in [-0.4, -0.2) is 40.5 Å². The van der Waals surface area contributed by atoms with Gasteiger partial charge in [0.25, 0.3) is 5.91 Å². The van der Waals surface area contributed by atoms with Crippen molar-refractivity contribution in [2.45, 2.75) is 25.3 Å². The molecule has 2 N–H and O–H groups in total. The Morgan fingerprint density at radius 1 is 1.48 bits per heavy atom. The van der Waals surface area contributed by atoms with Crippen molar-refractivity contribution in [1.29, 1.82) is 0 Å². The number of thiophene rings is 1. The number of hydrogen-bond acceptors (Lipinski definition) is 5. The lowest BCUT2D eigenvalue weighted by Gasteiger charge is -2.22. The summed E-state index contributed by atoms with van der Waals surface area (Å²) in [7, 11) is 0. The first-order chi connectivity index (χ1) is 10.3. The molecule has 1 saturated heterocycles. The average Bonchev–Trinajstić information content (AvgIpc) is 3.20. The molecule has 0 spiro atoms. The van der Waals surface area contributed by atoms with E-state index in [1.165, 1.54) is 5.56 Å². The van der Waals surface area contributed by atoms with Gasteiger partial charge in [-0.3, -0.25) is 4.79 Å². The molecule has 1 amide bonds. The van der Waals surface area contributed by atoms with Crippen molar-refractivity contribution < 1.29 is 4.79 Å². The van der Waals surface area contributed by atoms with Gasteiger partial charge in [-0.15, -0.1) is 5.10 Å². The smallest absolute Gasteiger partial charge is 0.273 e. The molecule has 3 rings (SSSR count). The van der Waals surface area contributed by atoms with Crippen LogP contribution in [-0.2, 0) is 6.42 Å². The van der Waals surface area contributed by atoms with E-state index in [4.69, 9.17) is 0 Å². The normalized spacial score (nSPS) is 16.0. The molecule has 0 atom stereocenters. The number of hydrogen-bond donors (Lipinski definition) is 2.